The summed E-state index contributed by atoms with van der Waals surface area (Å²) in [4.78, 5) is 38.0. The third-order valence-corrected chi connectivity index (χ3v) is 15.2. The second-order valence-electron chi connectivity index (χ2n) is 23.5. The summed E-state index contributed by atoms with van der Waals surface area (Å²) in [6.45, 7) is 4.06. The van der Waals surface area contributed by atoms with Gasteiger partial charge in [-0.25, -0.2) is 0 Å². The first-order valence-corrected chi connectivity index (χ1v) is 35.1. The van der Waals surface area contributed by atoms with Gasteiger partial charge in [0.05, 0.1) is 27.7 Å². The third-order valence-electron chi connectivity index (χ3n) is 14.3. The highest BCUT2D eigenvalue weighted by Gasteiger charge is 2.22. The van der Waals surface area contributed by atoms with E-state index in [0.717, 1.165) is 70.6 Å². The number of allylic oxidation sites excluding steroid dienone is 18. The predicted octanol–water partition coefficient (Wildman–Crippen LogP) is 21.1. The Balaban J connectivity index is 4.08. The summed E-state index contributed by atoms with van der Waals surface area (Å²) in [6, 6.07) is 0. The Labute approximate surface area is 506 Å². The number of phosphoric acid groups is 1. The van der Waals surface area contributed by atoms with Crippen molar-refractivity contribution >= 4 is 19.8 Å². The molecule has 0 bridgehead atoms. The molecule has 0 rings (SSSR count). The van der Waals surface area contributed by atoms with E-state index in [4.69, 9.17) is 18.5 Å². The fourth-order valence-corrected chi connectivity index (χ4v) is 9.88. The smallest absolute Gasteiger partial charge is 0.306 e. The van der Waals surface area contributed by atoms with Crippen LogP contribution in [0, 0.1) is 0 Å². The molecule has 0 aliphatic heterocycles. The van der Waals surface area contributed by atoms with E-state index in [2.05, 4.69) is 117 Å². The largest absolute Gasteiger partial charge is 0.756 e. The quantitative estimate of drug-likeness (QED) is 0.0195. The van der Waals surface area contributed by atoms with Gasteiger partial charge in [-0.2, -0.15) is 0 Å². The molecule has 2 unspecified atom stereocenters. The molecule has 0 aliphatic rings. The van der Waals surface area contributed by atoms with Gasteiger partial charge in [0.15, 0.2) is 6.10 Å². The van der Waals surface area contributed by atoms with Crippen LogP contribution in [0.3, 0.4) is 0 Å². The van der Waals surface area contributed by atoms with Crippen molar-refractivity contribution in [1.82, 2.24) is 0 Å². The zero-order valence-electron chi connectivity index (χ0n) is 53.7. The molecule has 0 saturated heterocycles. The Bertz CT molecular complexity index is 1750. The van der Waals surface area contributed by atoms with Crippen LogP contribution < -0.4 is 4.89 Å². The summed E-state index contributed by atoms with van der Waals surface area (Å²) in [5.74, 6) is -0.900. The first-order valence-electron chi connectivity index (χ1n) is 33.6. The number of quaternary nitrogens is 1. The predicted molar refractivity (Wildman–Crippen MR) is 351 cm³/mol. The highest BCUT2D eigenvalue weighted by molar-refractivity contribution is 7.45. The van der Waals surface area contributed by atoms with E-state index in [1.54, 1.807) is 0 Å². The summed E-state index contributed by atoms with van der Waals surface area (Å²) < 4.78 is 34.2. The van der Waals surface area contributed by atoms with Crippen LogP contribution in [0.15, 0.2) is 109 Å². The lowest BCUT2D eigenvalue weighted by Gasteiger charge is -2.28. The molecule has 9 nitrogen and oxygen atoms in total. The molecule has 0 heterocycles. The van der Waals surface area contributed by atoms with Crippen LogP contribution in [0.1, 0.15) is 284 Å². The number of rotatable bonds is 61. The average Bonchev–Trinajstić information content (AvgIpc) is 3.46. The molecule has 0 fully saturated rings. The van der Waals surface area contributed by atoms with Crippen molar-refractivity contribution in [2.45, 2.75) is 290 Å². The van der Waals surface area contributed by atoms with E-state index in [9.17, 15) is 19.0 Å². The molecule has 2 atom stereocenters. The maximum Gasteiger partial charge on any atom is 0.306 e. The van der Waals surface area contributed by atoms with Crippen LogP contribution >= 0.6 is 7.82 Å². The second-order valence-corrected chi connectivity index (χ2v) is 24.9. The van der Waals surface area contributed by atoms with Gasteiger partial charge in [-0.3, -0.25) is 14.2 Å². The number of hydrogen-bond acceptors (Lipinski definition) is 8. The number of unbranched alkanes of at least 4 members (excludes halogenated alkanes) is 29. The Morgan fingerprint density at radius 3 is 1.07 bits per heavy atom. The molecule has 10 heteroatoms. The van der Waals surface area contributed by atoms with Gasteiger partial charge in [0.2, 0.25) is 0 Å². The van der Waals surface area contributed by atoms with Crippen LogP contribution in [-0.2, 0) is 32.7 Å². The van der Waals surface area contributed by atoms with E-state index < -0.39 is 32.5 Å². The molecule has 0 aliphatic carbocycles. The van der Waals surface area contributed by atoms with Crippen LogP contribution in [0.5, 0.6) is 0 Å². The molecule has 0 saturated carbocycles. The zero-order valence-corrected chi connectivity index (χ0v) is 54.6. The lowest BCUT2D eigenvalue weighted by Crippen LogP contribution is -2.37. The minimum absolute atomic E-state index is 0.0460. The van der Waals surface area contributed by atoms with E-state index in [0.29, 0.717) is 23.9 Å². The van der Waals surface area contributed by atoms with Gasteiger partial charge in [-0.05, 0) is 96.3 Å². The lowest BCUT2D eigenvalue weighted by atomic mass is 10.0. The number of hydrogen-bond donors (Lipinski definition) is 0. The minimum Gasteiger partial charge on any atom is -0.756 e. The molecular weight excluding hydrogens is 1040 g/mol. The summed E-state index contributed by atoms with van der Waals surface area (Å²) >= 11 is 0. The number of likely N-dealkylation sites (N-methyl/N-ethyl adjacent to an activating group) is 1. The summed E-state index contributed by atoms with van der Waals surface area (Å²) in [5.41, 5.74) is 0. The Morgan fingerprint density at radius 2 is 0.707 bits per heavy atom. The number of phosphoric ester groups is 1. The molecule has 472 valence electrons. The molecule has 0 aromatic heterocycles. The third kappa shape index (κ3) is 65.8. The van der Waals surface area contributed by atoms with Crippen molar-refractivity contribution < 1.29 is 42.1 Å². The van der Waals surface area contributed by atoms with E-state index in [1.165, 1.54) is 173 Å². The first kappa shape index (κ1) is 78.7. The standard InChI is InChI=1S/C72H126NO8P/c1-6-8-10-12-14-16-18-20-22-24-26-28-30-31-32-33-34-35-36-37-38-39-40-41-43-44-46-48-50-52-54-56-58-60-62-64-71(74)78-68-70(69-80-82(76,77)79-67-66-73(3,4)5)81-72(75)65-63-61-59-57-55-53-51-49-47-45-42-29-27-25-23-21-19-17-15-13-11-9-7-2/h9,11,15,17-18,20-21,23-24,26-27,29,45,47,51,53,57,59,70H,6-8,10,12-14,16,19,22,25,28,30-44,46,48-50,52,54-56,58,60-69H2,1-5H3/b11-9-,17-15-,20-18-,23-21-,26-24-,29-27-,47-45-,53-51-,59-57-. The fraction of sp³-hybridized carbons (Fsp3) is 0.722. The van der Waals surface area contributed by atoms with Gasteiger partial charge in [-0.15, -0.1) is 0 Å². The summed E-state index contributed by atoms with van der Waals surface area (Å²) in [6.07, 6.45) is 87.6. The molecule has 0 N–H and O–H groups in total. The highest BCUT2D eigenvalue weighted by atomic mass is 31.2. The van der Waals surface area contributed by atoms with Crippen molar-refractivity contribution in [3.05, 3.63) is 109 Å². The maximum atomic E-state index is 12.8. The first-order chi connectivity index (χ1) is 40.0. The Morgan fingerprint density at radius 1 is 0.390 bits per heavy atom. The van der Waals surface area contributed by atoms with Crippen molar-refractivity contribution in [1.29, 1.82) is 0 Å². The topological polar surface area (TPSA) is 111 Å². The van der Waals surface area contributed by atoms with Crippen molar-refractivity contribution in [2.24, 2.45) is 0 Å². The van der Waals surface area contributed by atoms with Gasteiger partial charge in [-0.1, -0.05) is 284 Å². The molecular formula is C72H126NO8P. The van der Waals surface area contributed by atoms with Crippen molar-refractivity contribution in [2.75, 3.05) is 47.5 Å². The molecule has 0 aromatic rings. The Hall–Kier alpha value is -3.33. The van der Waals surface area contributed by atoms with E-state index in [1.807, 2.05) is 27.2 Å². The van der Waals surface area contributed by atoms with Gasteiger partial charge >= 0.3 is 11.9 Å². The summed E-state index contributed by atoms with van der Waals surface area (Å²) in [5, 5.41) is 0. The molecule has 0 radical (unpaired) electrons. The van der Waals surface area contributed by atoms with Gasteiger partial charge in [0.1, 0.15) is 19.8 Å². The highest BCUT2D eigenvalue weighted by Crippen LogP contribution is 2.38. The van der Waals surface area contributed by atoms with Gasteiger partial charge in [0.25, 0.3) is 7.82 Å². The van der Waals surface area contributed by atoms with E-state index in [-0.39, 0.29) is 26.1 Å². The van der Waals surface area contributed by atoms with E-state index >= 15 is 0 Å². The average molecular weight is 1160 g/mol. The number of esters is 2. The molecule has 0 spiro atoms. The zero-order chi connectivity index (χ0) is 59.8. The van der Waals surface area contributed by atoms with Crippen molar-refractivity contribution in [3.63, 3.8) is 0 Å². The SMILES string of the molecule is CC/C=C\C/C=C\C/C=C\C/C=C\C/C=C\C/C=C\C/C=C\CCCC(=O)OC(COC(=O)CCCCCCCCCCCCCCCCCCCCCCCCC/C=C\C/C=C\CCCCCCC)COP(=O)([O-])OCC[N+](C)(C)C. The number of carbonyl (C=O) groups excluding carboxylic acids is 2. The van der Waals surface area contributed by atoms with Crippen LogP contribution in [0.2, 0.25) is 0 Å². The number of ether oxygens (including phenoxy) is 2. The van der Waals surface area contributed by atoms with Gasteiger partial charge in [0, 0.05) is 12.8 Å². The second kappa shape index (κ2) is 62.2. The van der Waals surface area contributed by atoms with Gasteiger partial charge < -0.3 is 27.9 Å². The number of nitrogens with zero attached hydrogens (tertiary/aromatic N) is 1. The van der Waals surface area contributed by atoms with Crippen LogP contribution in [-0.4, -0.2) is 70.0 Å². The van der Waals surface area contributed by atoms with Crippen molar-refractivity contribution in [3.8, 4) is 0 Å². The molecule has 0 aromatic carbocycles. The molecule has 82 heavy (non-hydrogen) atoms. The van der Waals surface area contributed by atoms with Crippen LogP contribution in [0.4, 0.5) is 0 Å². The monoisotopic (exact) mass is 1160 g/mol. The lowest BCUT2D eigenvalue weighted by molar-refractivity contribution is -0.870. The number of carbonyl (C=O) groups is 2. The maximum absolute atomic E-state index is 12.8. The summed E-state index contributed by atoms with van der Waals surface area (Å²) in [7, 11) is 1.12. The Kier molecular flexibility index (Phi) is 59.7. The minimum atomic E-state index is -4.66. The fourth-order valence-electron chi connectivity index (χ4n) is 9.15. The van der Waals surface area contributed by atoms with Crippen LogP contribution in [0.25, 0.3) is 0 Å². The normalized spacial score (nSPS) is 13.9. The molecule has 0 amide bonds.